The number of halogens is 1. The van der Waals surface area contributed by atoms with Crippen LogP contribution in [-0.2, 0) is 15.9 Å². The van der Waals surface area contributed by atoms with E-state index < -0.39 is 12.2 Å². The third-order valence-corrected chi connectivity index (χ3v) is 2.53. The van der Waals surface area contributed by atoms with Gasteiger partial charge in [-0.15, -0.1) is 0 Å². The van der Waals surface area contributed by atoms with Gasteiger partial charge < -0.3 is 15.2 Å². The van der Waals surface area contributed by atoms with Crippen LogP contribution in [0.25, 0.3) is 0 Å². The zero-order chi connectivity index (χ0) is 11.5. The summed E-state index contributed by atoms with van der Waals surface area (Å²) >= 11 is 0. The number of hydrogen-bond donors (Lipinski definition) is 1. The van der Waals surface area contributed by atoms with Crippen molar-refractivity contribution >= 4 is 6.09 Å². The monoisotopic (exact) mass is 225 g/mol. The molecule has 0 saturated heterocycles. The fourth-order valence-corrected chi connectivity index (χ4v) is 1.84. The first-order chi connectivity index (χ1) is 7.68. The average molecular weight is 225 g/mol. The van der Waals surface area contributed by atoms with Gasteiger partial charge in [-0.1, -0.05) is 12.1 Å². The molecule has 0 saturated carbocycles. The molecule has 1 atom stereocenters. The molecule has 2 N–H and O–H groups in total. The molecule has 0 fully saturated rings. The van der Waals surface area contributed by atoms with Crippen LogP contribution >= 0.6 is 0 Å². The highest BCUT2D eigenvalue weighted by molar-refractivity contribution is 5.64. The van der Waals surface area contributed by atoms with Gasteiger partial charge in [0, 0.05) is 5.56 Å². The van der Waals surface area contributed by atoms with Crippen LogP contribution in [0.3, 0.4) is 0 Å². The maximum Gasteiger partial charge on any atom is 0.404 e. The molecule has 5 heteroatoms. The fraction of sp³-hybridized carbons (Fsp3) is 0.364. The molecule has 0 bridgehead atoms. The second-order valence-electron chi connectivity index (χ2n) is 3.55. The van der Waals surface area contributed by atoms with Gasteiger partial charge in [-0.05, 0) is 18.1 Å². The van der Waals surface area contributed by atoms with E-state index in [0.29, 0.717) is 18.6 Å². The Labute approximate surface area is 92.1 Å². The number of primary amides is 1. The predicted octanol–water partition coefficient (Wildman–Crippen LogP) is 1.53. The summed E-state index contributed by atoms with van der Waals surface area (Å²) in [5.41, 5.74) is 6.22. The van der Waals surface area contributed by atoms with Gasteiger partial charge >= 0.3 is 6.09 Å². The highest BCUT2D eigenvalue weighted by Crippen LogP contribution is 2.29. The summed E-state index contributed by atoms with van der Waals surface area (Å²) in [6.45, 7) is 0.437. The molecule has 1 aliphatic heterocycles. The van der Waals surface area contributed by atoms with E-state index in [4.69, 9.17) is 10.5 Å². The lowest BCUT2D eigenvalue weighted by Gasteiger charge is -2.25. The molecular formula is C11H12FNO3. The van der Waals surface area contributed by atoms with Gasteiger partial charge in [0.15, 0.2) is 0 Å². The number of hydrogen-bond acceptors (Lipinski definition) is 3. The molecular weight excluding hydrogens is 213 g/mol. The Morgan fingerprint density at radius 2 is 2.44 bits per heavy atom. The molecule has 1 amide bonds. The minimum absolute atomic E-state index is 0.0523. The number of rotatable bonds is 2. The molecule has 0 aromatic heterocycles. The van der Waals surface area contributed by atoms with E-state index in [0.717, 1.165) is 5.56 Å². The molecule has 1 aromatic rings. The summed E-state index contributed by atoms with van der Waals surface area (Å²) in [5, 5.41) is 0. The van der Waals surface area contributed by atoms with Crippen molar-refractivity contribution in [1.82, 2.24) is 0 Å². The third kappa shape index (κ3) is 2.14. The van der Waals surface area contributed by atoms with Crippen molar-refractivity contribution in [2.24, 2.45) is 5.73 Å². The predicted molar refractivity (Wildman–Crippen MR) is 54.3 cm³/mol. The Morgan fingerprint density at radius 3 is 3.19 bits per heavy atom. The van der Waals surface area contributed by atoms with Crippen LogP contribution in [0, 0.1) is 5.82 Å². The van der Waals surface area contributed by atoms with E-state index in [-0.39, 0.29) is 12.4 Å². The SMILES string of the molecule is NC(=O)OCC1OCCc2cccc(F)c21. The molecule has 0 aliphatic carbocycles. The zero-order valence-corrected chi connectivity index (χ0v) is 8.61. The minimum atomic E-state index is -0.882. The van der Waals surface area contributed by atoms with Crippen molar-refractivity contribution < 1.29 is 18.7 Å². The molecule has 1 heterocycles. The molecule has 1 aliphatic rings. The van der Waals surface area contributed by atoms with Crippen molar-refractivity contribution in [2.75, 3.05) is 13.2 Å². The highest BCUT2D eigenvalue weighted by atomic mass is 19.1. The number of ether oxygens (including phenoxy) is 2. The lowest BCUT2D eigenvalue weighted by molar-refractivity contribution is -0.00443. The summed E-state index contributed by atoms with van der Waals surface area (Å²) in [6.07, 6.45) is -0.773. The van der Waals surface area contributed by atoms with E-state index >= 15 is 0 Å². The van der Waals surface area contributed by atoms with Gasteiger partial charge in [0.2, 0.25) is 0 Å². The number of nitrogens with two attached hydrogens (primary N) is 1. The number of fused-ring (bicyclic) bond motifs is 1. The normalized spacial score (nSPS) is 18.9. The van der Waals surface area contributed by atoms with Crippen molar-refractivity contribution in [1.29, 1.82) is 0 Å². The molecule has 0 spiro atoms. The van der Waals surface area contributed by atoms with Gasteiger partial charge in [0.05, 0.1) is 6.61 Å². The lowest BCUT2D eigenvalue weighted by Crippen LogP contribution is -2.25. The van der Waals surface area contributed by atoms with Gasteiger partial charge in [-0.25, -0.2) is 9.18 Å². The van der Waals surface area contributed by atoms with Crippen molar-refractivity contribution in [3.05, 3.63) is 35.1 Å². The van der Waals surface area contributed by atoms with E-state index in [9.17, 15) is 9.18 Å². The molecule has 1 aromatic carbocycles. The Kier molecular flexibility index (Phi) is 3.05. The van der Waals surface area contributed by atoms with Crippen LogP contribution in [0.15, 0.2) is 18.2 Å². The zero-order valence-electron chi connectivity index (χ0n) is 8.61. The standard InChI is InChI=1S/C11H12FNO3/c12-8-3-1-2-7-4-5-15-9(10(7)8)6-16-11(13)14/h1-3,9H,4-6H2,(H2,13,14). The molecule has 1 unspecified atom stereocenters. The maximum absolute atomic E-state index is 13.6. The summed E-state index contributed by atoms with van der Waals surface area (Å²) < 4.78 is 23.6. The first-order valence-corrected chi connectivity index (χ1v) is 4.99. The van der Waals surface area contributed by atoms with Crippen LogP contribution in [0.1, 0.15) is 17.2 Å². The molecule has 16 heavy (non-hydrogen) atoms. The van der Waals surface area contributed by atoms with Crippen molar-refractivity contribution in [2.45, 2.75) is 12.5 Å². The van der Waals surface area contributed by atoms with Crippen LogP contribution in [0.5, 0.6) is 0 Å². The summed E-state index contributed by atoms with van der Waals surface area (Å²) in [5.74, 6) is -0.338. The van der Waals surface area contributed by atoms with E-state index in [1.165, 1.54) is 6.07 Å². The Hall–Kier alpha value is -1.62. The number of benzene rings is 1. The van der Waals surface area contributed by atoms with Gasteiger partial charge in [-0.3, -0.25) is 0 Å². The van der Waals surface area contributed by atoms with Gasteiger partial charge in [0.25, 0.3) is 0 Å². The smallest absolute Gasteiger partial charge is 0.404 e. The largest absolute Gasteiger partial charge is 0.447 e. The highest BCUT2D eigenvalue weighted by Gasteiger charge is 2.25. The Balaban J connectivity index is 2.21. The number of amides is 1. The molecule has 4 nitrogen and oxygen atoms in total. The molecule has 0 radical (unpaired) electrons. The second-order valence-corrected chi connectivity index (χ2v) is 3.55. The maximum atomic E-state index is 13.6. The minimum Gasteiger partial charge on any atom is -0.447 e. The van der Waals surface area contributed by atoms with E-state index in [1.807, 2.05) is 6.07 Å². The van der Waals surface area contributed by atoms with E-state index in [1.54, 1.807) is 6.07 Å². The fourth-order valence-electron chi connectivity index (χ4n) is 1.84. The third-order valence-electron chi connectivity index (χ3n) is 2.53. The van der Waals surface area contributed by atoms with Crippen LogP contribution in [0.2, 0.25) is 0 Å². The van der Waals surface area contributed by atoms with Crippen molar-refractivity contribution in [3.8, 4) is 0 Å². The molecule has 86 valence electrons. The van der Waals surface area contributed by atoms with Crippen molar-refractivity contribution in [3.63, 3.8) is 0 Å². The average Bonchev–Trinajstić information content (AvgIpc) is 2.26. The summed E-state index contributed by atoms with van der Waals surface area (Å²) in [4.78, 5) is 10.5. The number of carbonyl (C=O) groups excluding carboxylic acids is 1. The Morgan fingerprint density at radius 1 is 1.62 bits per heavy atom. The van der Waals surface area contributed by atoms with Crippen LogP contribution < -0.4 is 5.73 Å². The first-order valence-electron chi connectivity index (χ1n) is 4.99. The number of carbonyl (C=O) groups is 1. The summed E-state index contributed by atoms with van der Waals surface area (Å²) in [6, 6.07) is 4.87. The second kappa shape index (κ2) is 4.49. The molecule has 2 rings (SSSR count). The van der Waals surface area contributed by atoms with Crippen LogP contribution in [0.4, 0.5) is 9.18 Å². The van der Waals surface area contributed by atoms with E-state index in [2.05, 4.69) is 4.74 Å². The first kappa shape index (κ1) is 10.9. The van der Waals surface area contributed by atoms with Gasteiger partial charge in [0.1, 0.15) is 18.5 Å². The summed E-state index contributed by atoms with van der Waals surface area (Å²) in [7, 11) is 0. The van der Waals surface area contributed by atoms with Crippen LogP contribution in [-0.4, -0.2) is 19.3 Å². The Bertz CT molecular complexity index is 408. The lowest BCUT2D eigenvalue weighted by atomic mass is 9.97. The van der Waals surface area contributed by atoms with Gasteiger partial charge in [-0.2, -0.15) is 0 Å². The quantitative estimate of drug-likeness (QED) is 0.830. The topological polar surface area (TPSA) is 61.6 Å².